The van der Waals surface area contributed by atoms with E-state index in [1.54, 1.807) is 0 Å². The van der Waals surface area contributed by atoms with Crippen LogP contribution in [-0.2, 0) is 14.2 Å². The molecule has 0 rings (SSSR count). The zero-order chi connectivity index (χ0) is 15.1. The first-order valence-corrected chi connectivity index (χ1v) is 7.08. The Kier molecular flexibility index (Phi) is 7.65. The van der Waals surface area contributed by atoms with Gasteiger partial charge in [-0.25, -0.2) is 0 Å². The molecule has 0 atom stereocenters. The van der Waals surface area contributed by atoms with Crippen LogP contribution in [-0.4, -0.2) is 26.3 Å². The standard InChI is InChI=1S/C14H26B2O3/c1-7-9-13(3,4)11(17)15-19-16-12(18)14(5,6)10-8-2/h7-10H2,1-6H3. The van der Waals surface area contributed by atoms with Gasteiger partial charge in [0.2, 0.25) is 0 Å². The zero-order valence-corrected chi connectivity index (χ0v) is 13.2. The van der Waals surface area contributed by atoms with Crippen molar-refractivity contribution in [1.82, 2.24) is 0 Å². The molecule has 0 aliphatic heterocycles. The van der Waals surface area contributed by atoms with Gasteiger partial charge in [-0.15, -0.1) is 0 Å². The van der Waals surface area contributed by atoms with Crippen molar-refractivity contribution in [1.29, 1.82) is 0 Å². The highest BCUT2D eigenvalue weighted by molar-refractivity contribution is 6.80. The van der Waals surface area contributed by atoms with Crippen LogP contribution in [0.5, 0.6) is 0 Å². The summed E-state index contributed by atoms with van der Waals surface area (Å²) in [7, 11) is 2.32. The summed E-state index contributed by atoms with van der Waals surface area (Å²) in [5.74, 6) is 0. The molecule has 0 bridgehead atoms. The second kappa shape index (κ2) is 7.88. The minimum Gasteiger partial charge on any atom is -0.494 e. The van der Waals surface area contributed by atoms with E-state index in [1.807, 2.05) is 41.5 Å². The predicted octanol–water partition coefficient (Wildman–Crippen LogP) is 2.95. The monoisotopic (exact) mass is 264 g/mol. The first-order valence-electron chi connectivity index (χ1n) is 7.08. The second-order valence-corrected chi connectivity index (χ2v) is 6.37. The van der Waals surface area contributed by atoms with Crippen molar-refractivity contribution in [2.75, 3.05) is 0 Å². The van der Waals surface area contributed by atoms with E-state index in [1.165, 1.54) is 0 Å². The third-order valence-corrected chi connectivity index (χ3v) is 3.43. The lowest BCUT2D eigenvalue weighted by Gasteiger charge is -2.23. The van der Waals surface area contributed by atoms with Gasteiger partial charge in [-0.3, -0.25) is 0 Å². The molecule has 0 fully saturated rings. The number of carbonyl (C=O) groups is 2. The average molecular weight is 264 g/mol. The van der Waals surface area contributed by atoms with E-state index in [-0.39, 0.29) is 11.4 Å². The maximum absolute atomic E-state index is 11.9. The van der Waals surface area contributed by atoms with Crippen molar-refractivity contribution in [3.8, 4) is 0 Å². The zero-order valence-electron chi connectivity index (χ0n) is 13.2. The summed E-state index contributed by atoms with van der Waals surface area (Å²) in [5.41, 5.74) is -1.01. The fourth-order valence-electron chi connectivity index (χ4n) is 1.97. The molecule has 0 amide bonds. The Morgan fingerprint density at radius 3 is 1.42 bits per heavy atom. The molecule has 0 unspecified atom stereocenters. The van der Waals surface area contributed by atoms with Crippen LogP contribution in [0.25, 0.3) is 0 Å². The smallest absolute Gasteiger partial charge is 0.360 e. The lowest BCUT2D eigenvalue weighted by Crippen LogP contribution is -2.35. The number of hydrogen-bond acceptors (Lipinski definition) is 3. The van der Waals surface area contributed by atoms with Crippen LogP contribution in [0.2, 0.25) is 0 Å². The Morgan fingerprint density at radius 1 is 0.842 bits per heavy atom. The highest BCUT2D eigenvalue weighted by Crippen LogP contribution is 2.24. The molecule has 3 nitrogen and oxygen atoms in total. The fraction of sp³-hybridized carbons (Fsp3) is 0.857. The van der Waals surface area contributed by atoms with Crippen LogP contribution in [0.3, 0.4) is 0 Å². The molecule has 0 aliphatic rings. The molecule has 5 heteroatoms. The van der Waals surface area contributed by atoms with Gasteiger partial charge < -0.3 is 14.2 Å². The Labute approximate surface area is 119 Å². The van der Waals surface area contributed by atoms with E-state index in [0.29, 0.717) is 0 Å². The van der Waals surface area contributed by atoms with Crippen molar-refractivity contribution >= 4 is 26.3 Å². The van der Waals surface area contributed by atoms with Crippen molar-refractivity contribution in [2.45, 2.75) is 67.2 Å². The van der Waals surface area contributed by atoms with Crippen molar-refractivity contribution in [2.24, 2.45) is 10.8 Å². The fourth-order valence-corrected chi connectivity index (χ4v) is 1.97. The predicted molar refractivity (Wildman–Crippen MR) is 80.0 cm³/mol. The molecular weight excluding hydrogens is 238 g/mol. The molecular formula is C14H26B2O3. The van der Waals surface area contributed by atoms with Gasteiger partial charge in [0.1, 0.15) is 11.4 Å². The van der Waals surface area contributed by atoms with Crippen LogP contribution in [0.1, 0.15) is 67.2 Å². The van der Waals surface area contributed by atoms with Crippen molar-refractivity contribution in [3.05, 3.63) is 0 Å². The van der Waals surface area contributed by atoms with Gasteiger partial charge in [0.05, 0.1) is 0 Å². The molecule has 0 spiro atoms. The number of rotatable bonds is 10. The molecule has 0 N–H and O–H groups in total. The van der Waals surface area contributed by atoms with Gasteiger partial charge in [0.15, 0.2) is 0 Å². The molecule has 0 aliphatic carbocycles. The lowest BCUT2D eigenvalue weighted by molar-refractivity contribution is -0.120. The molecule has 0 saturated carbocycles. The maximum atomic E-state index is 11.9. The number of carbonyl (C=O) groups excluding carboxylic acids is 2. The normalized spacial score (nSPS) is 12.1. The topological polar surface area (TPSA) is 43.4 Å². The van der Waals surface area contributed by atoms with Crippen LogP contribution >= 0.6 is 0 Å². The van der Waals surface area contributed by atoms with Crippen LogP contribution in [0.15, 0.2) is 0 Å². The third-order valence-electron chi connectivity index (χ3n) is 3.43. The van der Waals surface area contributed by atoms with Gasteiger partial charge >= 0.3 is 15.0 Å². The molecule has 106 valence electrons. The van der Waals surface area contributed by atoms with Gasteiger partial charge in [0, 0.05) is 10.8 Å². The SMILES string of the molecule is CCCC(C)(C)C(=O)[B]O[B]C(=O)C(C)(C)CCC. The number of hydrogen-bond donors (Lipinski definition) is 0. The van der Waals surface area contributed by atoms with Crippen molar-refractivity contribution in [3.63, 3.8) is 0 Å². The Hall–Kier alpha value is -0.570. The molecule has 0 saturated heterocycles. The summed E-state index contributed by atoms with van der Waals surface area (Å²) >= 11 is 0. The summed E-state index contributed by atoms with van der Waals surface area (Å²) in [6.45, 7) is 11.6. The summed E-state index contributed by atoms with van der Waals surface area (Å²) in [5, 5.41) is 0. The van der Waals surface area contributed by atoms with Crippen LogP contribution in [0, 0.1) is 10.8 Å². The Bertz CT molecular complexity index is 282. The summed E-state index contributed by atoms with van der Waals surface area (Å²) in [6.07, 6.45) is 3.50. The van der Waals surface area contributed by atoms with E-state index in [4.69, 9.17) is 4.57 Å². The first kappa shape index (κ1) is 18.4. The van der Waals surface area contributed by atoms with E-state index < -0.39 is 10.8 Å². The van der Waals surface area contributed by atoms with E-state index in [2.05, 4.69) is 0 Å². The first-order chi connectivity index (χ1) is 8.67. The Morgan fingerprint density at radius 2 is 1.16 bits per heavy atom. The van der Waals surface area contributed by atoms with Crippen LogP contribution < -0.4 is 0 Å². The quantitative estimate of drug-likeness (QED) is 0.569. The minimum atomic E-state index is -0.426. The molecule has 2 radical (unpaired) electrons. The van der Waals surface area contributed by atoms with E-state index in [9.17, 15) is 9.59 Å². The maximum Gasteiger partial charge on any atom is 0.360 e. The van der Waals surface area contributed by atoms with Gasteiger partial charge in [0.25, 0.3) is 0 Å². The molecule has 0 aromatic heterocycles. The average Bonchev–Trinajstić information content (AvgIpc) is 2.28. The molecule has 0 aromatic rings. The second-order valence-electron chi connectivity index (χ2n) is 6.37. The highest BCUT2D eigenvalue weighted by Gasteiger charge is 2.30. The van der Waals surface area contributed by atoms with Gasteiger partial charge in [-0.05, 0) is 12.8 Å². The largest absolute Gasteiger partial charge is 0.494 e. The molecule has 0 heterocycles. The van der Waals surface area contributed by atoms with Crippen LogP contribution in [0.4, 0.5) is 0 Å². The highest BCUT2D eigenvalue weighted by atomic mass is 16.4. The van der Waals surface area contributed by atoms with Crippen molar-refractivity contribution < 1.29 is 14.2 Å². The van der Waals surface area contributed by atoms with Gasteiger partial charge in [-0.1, -0.05) is 54.4 Å². The summed E-state index contributed by atoms with van der Waals surface area (Å²) < 4.78 is 5.07. The van der Waals surface area contributed by atoms with Gasteiger partial charge in [-0.2, -0.15) is 0 Å². The third kappa shape index (κ3) is 6.42. The minimum absolute atomic E-state index is 0.0771. The molecule has 19 heavy (non-hydrogen) atoms. The summed E-state index contributed by atoms with van der Waals surface area (Å²) in [4.78, 5) is 23.8. The van der Waals surface area contributed by atoms with E-state index in [0.717, 1.165) is 40.6 Å². The summed E-state index contributed by atoms with van der Waals surface area (Å²) in [6, 6.07) is 0. The lowest BCUT2D eigenvalue weighted by atomic mass is 9.67. The Balaban J connectivity index is 4.17. The van der Waals surface area contributed by atoms with E-state index >= 15 is 0 Å². The molecule has 0 aromatic carbocycles.